The Bertz CT molecular complexity index is 1400. The summed E-state index contributed by atoms with van der Waals surface area (Å²) in [4.78, 5) is 54.2. The summed E-state index contributed by atoms with van der Waals surface area (Å²) in [5, 5.41) is 42.7. The van der Waals surface area contributed by atoms with Crippen LogP contribution in [0.3, 0.4) is 0 Å². The van der Waals surface area contributed by atoms with Crippen LogP contribution in [0, 0.1) is 13.8 Å². The Morgan fingerprint density at radius 2 is 1.88 bits per heavy atom. The Hall–Kier alpha value is -3.81. The fraction of sp³-hybridized carbons (Fsp3) is 0.407. The molecule has 4 rings (SSSR count). The molecule has 2 aliphatic rings. The topological polar surface area (TPSA) is 177 Å². The van der Waals surface area contributed by atoms with Crippen LogP contribution in [0.25, 0.3) is 0 Å². The third kappa shape index (κ3) is 5.70. The van der Waals surface area contributed by atoms with Crippen molar-refractivity contribution in [1.82, 2.24) is 15.1 Å². The number of aliphatic hydroxyl groups is 1. The Morgan fingerprint density at radius 3 is 2.54 bits per heavy atom. The number of piperazine rings is 1. The normalized spacial score (nSPS) is 19.5. The number of aryl methyl sites for hydroxylation is 1. The highest BCUT2D eigenvalue weighted by Gasteiger charge is 2.44. The van der Waals surface area contributed by atoms with Crippen molar-refractivity contribution in [2.24, 2.45) is 0 Å². The van der Waals surface area contributed by atoms with Crippen molar-refractivity contribution in [3.05, 3.63) is 51.5 Å². The third-order valence-electron chi connectivity index (χ3n) is 7.67. The van der Waals surface area contributed by atoms with E-state index in [4.69, 9.17) is 16.3 Å². The Kier molecular flexibility index (Phi) is 8.81. The summed E-state index contributed by atoms with van der Waals surface area (Å²) < 4.78 is 5.75. The number of carbonyl (C=O) groups is 4. The van der Waals surface area contributed by atoms with Crippen LogP contribution in [0.4, 0.5) is 4.79 Å². The van der Waals surface area contributed by atoms with Crippen molar-refractivity contribution in [2.75, 3.05) is 19.7 Å². The van der Waals surface area contributed by atoms with Crippen molar-refractivity contribution < 1.29 is 44.2 Å². The lowest BCUT2D eigenvalue weighted by Gasteiger charge is -2.38. The number of ketones is 1. The van der Waals surface area contributed by atoms with Gasteiger partial charge in [-0.05, 0) is 49.9 Å². The number of likely N-dealkylation sites (N-methyl/N-ethyl adjacent to an activating group) is 1. The largest absolute Gasteiger partial charge is 0.535 e. The molecule has 0 spiro atoms. The number of nitrogens with zero attached hydrogens (tertiary/aromatic N) is 2. The van der Waals surface area contributed by atoms with E-state index in [0.717, 1.165) is 22.8 Å². The predicted octanol–water partition coefficient (Wildman–Crippen LogP) is 1.62. The molecule has 14 heteroatoms. The van der Waals surface area contributed by atoms with Gasteiger partial charge in [0, 0.05) is 30.9 Å². The van der Waals surface area contributed by atoms with Crippen LogP contribution >= 0.6 is 11.6 Å². The minimum Gasteiger partial charge on any atom is -0.535 e. The first kappa shape index (κ1) is 30.2. The number of benzene rings is 2. The molecule has 0 aliphatic carbocycles. The molecule has 0 bridgehead atoms. The summed E-state index contributed by atoms with van der Waals surface area (Å²) in [6, 6.07) is 2.28. The zero-order valence-corrected chi connectivity index (χ0v) is 23.5. The van der Waals surface area contributed by atoms with Crippen LogP contribution in [-0.2, 0) is 20.8 Å². The predicted molar refractivity (Wildman–Crippen MR) is 148 cm³/mol. The fourth-order valence-electron chi connectivity index (χ4n) is 5.13. The molecular formula is C27H31BClN3O9. The van der Waals surface area contributed by atoms with E-state index in [1.165, 1.54) is 11.0 Å². The maximum Gasteiger partial charge on any atom is 0.526 e. The first-order chi connectivity index (χ1) is 19.4. The number of imide groups is 1. The number of hydrogen-bond acceptors (Lipinski definition) is 9. The van der Waals surface area contributed by atoms with Crippen molar-refractivity contribution in [1.29, 1.82) is 0 Å². The summed E-state index contributed by atoms with van der Waals surface area (Å²) in [5.41, 5.74) is 2.54. The average Bonchev–Trinajstić information content (AvgIpc) is 2.94. The molecule has 0 radical (unpaired) electrons. The van der Waals surface area contributed by atoms with E-state index in [-0.39, 0.29) is 31.5 Å². The number of amides is 4. The molecule has 1 fully saturated rings. The monoisotopic (exact) mass is 587 g/mol. The molecule has 0 aromatic heterocycles. The second-order valence-corrected chi connectivity index (χ2v) is 10.6. The molecule has 1 saturated heterocycles. The number of rotatable bonds is 7. The lowest BCUT2D eigenvalue weighted by Crippen LogP contribution is -2.64. The molecule has 0 saturated carbocycles. The van der Waals surface area contributed by atoms with E-state index in [2.05, 4.69) is 5.32 Å². The average molecular weight is 588 g/mol. The van der Waals surface area contributed by atoms with Crippen LogP contribution < -0.4 is 9.97 Å². The molecule has 5 N–H and O–H groups in total. The molecule has 12 nitrogen and oxygen atoms in total. The van der Waals surface area contributed by atoms with E-state index < -0.39 is 71.8 Å². The van der Waals surface area contributed by atoms with Crippen molar-refractivity contribution in [3.8, 4) is 17.2 Å². The van der Waals surface area contributed by atoms with Gasteiger partial charge in [0.2, 0.25) is 0 Å². The van der Waals surface area contributed by atoms with Crippen molar-refractivity contribution in [2.45, 2.75) is 51.5 Å². The number of hydrogen-bond donors (Lipinski definition) is 5. The third-order valence-corrected chi connectivity index (χ3v) is 8.06. The zero-order valence-electron chi connectivity index (χ0n) is 22.8. The Balaban J connectivity index is 1.64. The number of aliphatic hydroxyl groups excluding tert-OH is 1. The number of halogens is 1. The molecule has 4 amide bonds. The fourth-order valence-corrected chi connectivity index (χ4v) is 5.40. The van der Waals surface area contributed by atoms with E-state index in [1.54, 1.807) is 6.92 Å². The number of urea groups is 1. The van der Waals surface area contributed by atoms with Crippen molar-refractivity contribution in [3.63, 3.8) is 0 Å². The van der Waals surface area contributed by atoms with E-state index in [0.29, 0.717) is 10.6 Å². The highest BCUT2D eigenvalue weighted by molar-refractivity contribution is 6.47. The van der Waals surface area contributed by atoms with Gasteiger partial charge in [0.15, 0.2) is 17.3 Å². The van der Waals surface area contributed by atoms with E-state index in [9.17, 15) is 39.5 Å². The molecule has 2 heterocycles. The standard InChI is InChI=1S/C27H31BClN3O9/c1-4-31-11-17(12-33)32(26(38)25(31)37)27(39)30-22(18-7-8-19(34)23(36)21(18)29)20(35)10-16-9-15-6-5-13(2)14(3)24(15)41-28(16)40/h5-8,16-17,22,33-34,36,40H,4,9-12H2,1-3H3,(H,30,39)/t16-,17-,22?/m1/s1. The van der Waals surface area contributed by atoms with Gasteiger partial charge in [0.25, 0.3) is 0 Å². The number of nitrogens with one attached hydrogen (secondary N) is 1. The molecular weight excluding hydrogens is 557 g/mol. The van der Waals surface area contributed by atoms with Gasteiger partial charge in [-0.2, -0.15) is 0 Å². The molecule has 3 atom stereocenters. The quantitative estimate of drug-likeness (QED) is 0.183. The lowest BCUT2D eigenvalue weighted by atomic mass is 9.64. The number of fused-ring (bicyclic) bond motifs is 1. The van der Waals surface area contributed by atoms with Gasteiger partial charge < -0.3 is 35.2 Å². The van der Waals surface area contributed by atoms with Gasteiger partial charge in [0.1, 0.15) is 11.8 Å². The van der Waals surface area contributed by atoms with Crippen LogP contribution in [0.2, 0.25) is 10.8 Å². The Morgan fingerprint density at radius 1 is 1.17 bits per heavy atom. The number of Topliss-reactive ketones (excluding diaryl/α,β-unsaturated/α-hetero) is 1. The number of carbonyl (C=O) groups excluding carboxylic acids is 4. The summed E-state index contributed by atoms with van der Waals surface area (Å²) in [5.74, 6) is -4.25. The Labute approximate surface area is 241 Å². The molecule has 1 unspecified atom stereocenters. The molecule has 41 heavy (non-hydrogen) atoms. The number of phenolic OH excluding ortho intramolecular Hbond substituents is 2. The first-order valence-electron chi connectivity index (χ1n) is 13.1. The van der Waals surface area contributed by atoms with Gasteiger partial charge >= 0.3 is 25.0 Å². The minimum atomic E-state index is -1.57. The number of phenols is 2. The highest BCUT2D eigenvalue weighted by atomic mass is 35.5. The first-order valence-corrected chi connectivity index (χ1v) is 13.5. The van der Waals surface area contributed by atoms with E-state index >= 15 is 0 Å². The SMILES string of the molecule is CCN1C[C@H](CO)N(C(=O)NC(C(=O)C[C@H]2Cc3ccc(C)c(C)c3OB2O)c2ccc(O)c(O)c2Cl)C(=O)C1=O. The number of aromatic hydroxyl groups is 2. The highest BCUT2D eigenvalue weighted by Crippen LogP contribution is 2.41. The second-order valence-electron chi connectivity index (χ2n) is 10.2. The van der Waals surface area contributed by atoms with Gasteiger partial charge in [-0.25, -0.2) is 9.69 Å². The summed E-state index contributed by atoms with van der Waals surface area (Å²) in [7, 11) is -1.34. The lowest BCUT2D eigenvalue weighted by molar-refractivity contribution is -0.156. The van der Waals surface area contributed by atoms with Gasteiger partial charge in [-0.3, -0.25) is 14.4 Å². The minimum absolute atomic E-state index is 0.0927. The summed E-state index contributed by atoms with van der Waals surface area (Å²) in [6.45, 7) is 4.87. The molecule has 2 aromatic carbocycles. The summed E-state index contributed by atoms with van der Waals surface area (Å²) in [6.07, 6.45) is -0.0203. The van der Waals surface area contributed by atoms with Crippen LogP contribution in [0.15, 0.2) is 24.3 Å². The smallest absolute Gasteiger partial charge is 0.526 e. The zero-order chi connectivity index (χ0) is 30.2. The molecule has 2 aromatic rings. The maximum absolute atomic E-state index is 13.7. The van der Waals surface area contributed by atoms with Gasteiger partial charge in [-0.15, -0.1) is 0 Å². The van der Waals surface area contributed by atoms with Crippen LogP contribution in [0.1, 0.15) is 41.6 Å². The van der Waals surface area contributed by atoms with E-state index in [1.807, 2.05) is 26.0 Å². The summed E-state index contributed by atoms with van der Waals surface area (Å²) >= 11 is 6.25. The molecule has 2 aliphatic heterocycles. The van der Waals surface area contributed by atoms with Crippen LogP contribution in [-0.4, -0.2) is 86.6 Å². The second kappa shape index (κ2) is 12.0. The van der Waals surface area contributed by atoms with Gasteiger partial charge in [-0.1, -0.05) is 29.8 Å². The molecule has 218 valence electrons. The maximum atomic E-state index is 13.7. The van der Waals surface area contributed by atoms with Crippen molar-refractivity contribution >= 4 is 42.3 Å². The van der Waals surface area contributed by atoms with Gasteiger partial charge in [0.05, 0.1) is 17.7 Å². The van der Waals surface area contributed by atoms with Crippen LogP contribution in [0.5, 0.6) is 17.2 Å².